The van der Waals surface area contributed by atoms with Gasteiger partial charge >= 0.3 is 0 Å². The minimum absolute atomic E-state index is 0.165. The summed E-state index contributed by atoms with van der Waals surface area (Å²) >= 11 is 0. The van der Waals surface area contributed by atoms with Crippen LogP contribution < -0.4 is 15.7 Å². The van der Waals surface area contributed by atoms with Crippen molar-refractivity contribution in [2.45, 2.75) is 13.3 Å². The van der Waals surface area contributed by atoms with Crippen molar-refractivity contribution in [3.63, 3.8) is 0 Å². The summed E-state index contributed by atoms with van der Waals surface area (Å²) in [6.07, 6.45) is 0.241. The van der Waals surface area contributed by atoms with Crippen LogP contribution in [0.2, 0.25) is 0 Å². The first kappa shape index (κ1) is 24.4. The van der Waals surface area contributed by atoms with Gasteiger partial charge in [0.15, 0.2) is 0 Å². The van der Waals surface area contributed by atoms with Crippen molar-refractivity contribution in [1.82, 2.24) is 5.48 Å². The molecule has 0 fully saturated rings. The zero-order chi connectivity index (χ0) is 25.5. The molecular weight excluding hydrogens is 454 g/mol. The van der Waals surface area contributed by atoms with Gasteiger partial charge in [-0.3, -0.25) is 24.5 Å². The van der Waals surface area contributed by atoms with E-state index in [2.05, 4.69) is 5.32 Å². The molecule has 4 aromatic rings. The number of nitrogens with zero attached hydrogens (tertiary/aromatic N) is 1. The summed E-state index contributed by atoms with van der Waals surface area (Å²) in [4.78, 5) is 39.3. The molecule has 0 saturated carbocycles. The summed E-state index contributed by atoms with van der Waals surface area (Å²) in [6, 6.07) is 30.3. The van der Waals surface area contributed by atoms with Gasteiger partial charge in [-0.15, -0.1) is 0 Å². The fourth-order valence-corrected chi connectivity index (χ4v) is 3.85. The third-order valence-electron chi connectivity index (χ3n) is 5.67. The number of nitrogens with one attached hydrogen (secondary N) is 2. The van der Waals surface area contributed by atoms with Crippen LogP contribution in [0, 0.1) is 0 Å². The molecule has 4 aromatic carbocycles. The van der Waals surface area contributed by atoms with E-state index >= 15 is 0 Å². The highest BCUT2D eigenvalue weighted by atomic mass is 16.5. The molecule has 0 saturated heterocycles. The number of hydrogen-bond acceptors (Lipinski definition) is 4. The van der Waals surface area contributed by atoms with E-state index in [1.165, 1.54) is 17.0 Å². The summed E-state index contributed by atoms with van der Waals surface area (Å²) in [5, 5.41) is 11.9. The van der Waals surface area contributed by atoms with Gasteiger partial charge in [-0.1, -0.05) is 61.5 Å². The van der Waals surface area contributed by atoms with E-state index in [0.717, 1.165) is 11.1 Å². The van der Waals surface area contributed by atoms with Crippen molar-refractivity contribution in [2.24, 2.45) is 0 Å². The van der Waals surface area contributed by atoms with E-state index in [9.17, 15) is 14.4 Å². The maximum absolute atomic E-state index is 13.0. The quantitative estimate of drug-likeness (QED) is 0.230. The molecule has 4 rings (SSSR count). The van der Waals surface area contributed by atoms with Gasteiger partial charge in [0.25, 0.3) is 11.8 Å². The summed E-state index contributed by atoms with van der Waals surface area (Å²) in [5.74, 6) is -1.08. The monoisotopic (exact) mass is 479 g/mol. The largest absolute Gasteiger partial charge is 0.321 e. The van der Waals surface area contributed by atoms with E-state index in [1.54, 1.807) is 54.9 Å². The third kappa shape index (κ3) is 5.32. The summed E-state index contributed by atoms with van der Waals surface area (Å²) in [7, 11) is 0. The molecule has 0 radical (unpaired) electrons. The molecule has 0 aromatic heterocycles. The van der Waals surface area contributed by atoms with Crippen molar-refractivity contribution in [2.75, 3.05) is 10.2 Å². The smallest absolute Gasteiger partial charge is 0.274 e. The fraction of sp³-hybridized carbons (Fsp3) is 0.0690. The first-order valence-electron chi connectivity index (χ1n) is 11.4. The second-order valence-electron chi connectivity index (χ2n) is 7.99. The second kappa shape index (κ2) is 11.1. The number of hydrogen-bond donors (Lipinski definition) is 3. The van der Waals surface area contributed by atoms with Gasteiger partial charge in [-0.05, 0) is 54.1 Å². The maximum atomic E-state index is 13.0. The lowest BCUT2D eigenvalue weighted by atomic mass is 10.0. The number of amides is 3. The highest BCUT2D eigenvalue weighted by molar-refractivity contribution is 6.08. The van der Waals surface area contributed by atoms with E-state index < -0.39 is 5.91 Å². The minimum Gasteiger partial charge on any atom is -0.321 e. The predicted molar refractivity (Wildman–Crippen MR) is 139 cm³/mol. The molecule has 0 atom stereocenters. The lowest BCUT2D eigenvalue weighted by Crippen LogP contribution is -2.25. The van der Waals surface area contributed by atoms with Gasteiger partial charge in [-0.2, -0.15) is 0 Å². The Hall–Kier alpha value is -4.75. The average molecular weight is 480 g/mol. The Balaban J connectivity index is 1.78. The Morgan fingerprint density at radius 2 is 1.31 bits per heavy atom. The number of anilines is 3. The fourth-order valence-electron chi connectivity index (χ4n) is 3.85. The zero-order valence-corrected chi connectivity index (χ0v) is 19.6. The topological polar surface area (TPSA) is 98.7 Å². The molecule has 0 bridgehead atoms. The van der Waals surface area contributed by atoms with E-state index in [0.29, 0.717) is 22.6 Å². The molecule has 7 heteroatoms. The zero-order valence-electron chi connectivity index (χ0n) is 19.6. The molecule has 0 aliphatic rings. The molecular formula is C29H25N3O4. The van der Waals surface area contributed by atoms with Gasteiger partial charge < -0.3 is 5.32 Å². The third-order valence-corrected chi connectivity index (χ3v) is 5.67. The van der Waals surface area contributed by atoms with E-state index in [1.807, 2.05) is 48.5 Å². The second-order valence-corrected chi connectivity index (χ2v) is 7.99. The van der Waals surface area contributed by atoms with Gasteiger partial charge in [0, 0.05) is 28.8 Å². The average Bonchev–Trinajstić information content (AvgIpc) is 2.94. The van der Waals surface area contributed by atoms with Gasteiger partial charge in [0.1, 0.15) is 0 Å². The maximum Gasteiger partial charge on any atom is 0.274 e. The van der Waals surface area contributed by atoms with Crippen LogP contribution in [-0.2, 0) is 4.79 Å². The van der Waals surface area contributed by atoms with Crippen molar-refractivity contribution in [3.8, 4) is 11.1 Å². The Morgan fingerprint density at radius 1 is 0.722 bits per heavy atom. The highest BCUT2D eigenvalue weighted by Crippen LogP contribution is 2.35. The molecule has 7 nitrogen and oxygen atoms in total. The first-order chi connectivity index (χ1) is 17.5. The molecule has 0 aliphatic heterocycles. The molecule has 36 heavy (non-hydrogen) atoms. The normalized spacial score (nSPS) is 10.4. The summed E-state index contributed by atoms with van der Waals surface area (Å²) < 4.78 is 0. The summed E-state index contributed by atoms with van der Waals surface area (Å²) in [6.45, 7) is 1.76. The number of carbonyl (C=O) groups is 3. The van der Waals surface area contributed by atoms with E-state index in [-0.39, 0.29) is 23.8 Å². The lowest BCUT2D eigenvalue weighted by molar-refractivity contribution is -0.117. The molecule has 3 N–H and O–H groups in total. The van der Waals surface area contributed by atoms with Crippen LogP contribution in [0.5, 0.6) is 0 Å². The standard InChI is InChI=1S/C29H25N3O4/c1-2-27(33)32(23-15-13-22(14-16-23)29(35)31-36)24-17-18-25(20-9-5-3-6-10-20)26(19-24)30-28(34)21-11-7-4-8-12-21/h3-19,36H,2H2,1H3,(H,30,34)(H,31,35). The first-order valence-corrected chi connectivity index (χ1v) is 11.4. The van der Waals surface area contributed by atoms with Gasteiger partial charge in [-0.25, -0.2) is 5.48 Å². The van der Waals surface area contributed by atoms with Gasteiger partial charge in [0.05, 0.1) is 11.4 Å². The molecule has 3 amide bonds. The molecule has 180 valence electrons. The molecule has 0 unspecified atom stereocenters. The SMILES string of the molecule is CCC(=O)N(c1ccc(C(=O)NO)cc1)c1ccc(-c2ccccc2)c(NC(=O)c2ccccc2)c1. The Labute approximate surface area is 209 Å². The van der Waals surface area contributed by atoms with Crippen LogP contribution in [0.3, 0.4) is 0 Å². The number of carbonyl (C=O) groups excluding carboxylic acids is 3. The number of benzene rings is 4. The van der Waals surface area contributed by atoms with Crippen LogP contribution in [-0.4, -0.2) is 22.9 Å². The minimum atomic E-state index is -0.645. The van der Waals surface area contributed by atoms with Crippen molar-refractivity contribution in [1.29, 1.82) is 0 Å². The Bertz CT molecular complexity index is 1370. The van der Waals surface area contributed by atoms with Crippen LogP contribution in [0.4, 0.5) is 17.1 Å². The molecule has 0 heterocycles. The van der Waals surface area contributed by atoms with Crippen LogP contribution >= 0.6 is 0 Å². The molecule has 0 aliphatic carbocycles. The predicted octanol–water partition coefficient (Wildman–Crippen LogP) is 5.80. The molecule has 0 spiro atoms. The highest BCUT2D eigenvalue weighted by Gasteiger charge is 2.20. The number of rotatable bonds is 7. The Morgan fingerprint density at radius 3 is 1.92 bits per heavy atom. The van der Waals surface area contributed by atoms with Crippen molar-refractivity contribution in [3.05, 3.63) is 114 Å². The summed E-state index contributed by atoms with van der Waals surface area (Å²) in [5.41, 5.74) is 5.75. The van der Waals surface area contributed by atoms with Crippen molar-refractivity contribution >= 4 is 34.8 Å². The van der Waals surface area contributed by atoms with Crippen LogP contribution in [0.1, 0.15) is 34.1 Å². The number of hydroxylamine groups is 1. The van der Waals surface area contributed by atoms with Crippen molar-refractivity contribution < 1.29 is 19.6 Å². The lowest BCUT2D eigenvalue weighted by Gasteiger charge is -2.24. The van der Waals surface area contributed by atoms with Crippen LogP contribution in [0.25, 0.3) is 11.1 Å². The van der Waals surface area contributed by atoms with Crippen LogP contribution in [0.15, 0.2) is 103 Å². The van der Waals surface area contributed by atoms with Gasteiger partial charge in [0.2, 0.25) is 5.91 Å². The Kier molecular flexibility index (Phi) is 7.53. The van der Waals surface area contributed by atoms with E-state index in [4.69, 9.17) is 5.21 Å².